The minimum atomic E-state index is -0.0967. The summed E-state index contributed by atoms with van der Waals surface area (Å²) in [6.45, 7) is 3.93. The van der Waals surface area contributed by atoms with Crippen LogP contribution in [0.3, 0.4) is 0 Å². The van der Waals surface area contributed by atoms with Gasteiger partial charge in [-0.15, -0.1) is 0 Å². The second-order valence-electron chi connectivity index (χ2n) is 2.20. The van der Waals surface area contributed by atoms with Crippen molar-refractivity contribution in [2.75, 3.05) is 0 Å². The van der Waals surface area contributed by atoms with Gasteiger partial charge >= 0.3 is 0 Å². The molecule has 1 atom stereocenters. The van der Waals surface area contributed by atoms with Crippen molar-refractivity contribution in [3.63, 3.8) is 0 Å². The van der Waals surface area contributed by atoms with E-state index in [0.29, 0.717) is 0 Å². The molecule has 0 aliphatic heterocycles. The van der Waals surface area contributed by atoms with Crippen LogP contribution in [0.1, 0.15) is 19.4 Å². The molecule has 0 fully saturated rings. The molecule has 1 aromatic carbocycles. The van der Waals surface area contributed by atoms with Gasteiger partial charge in [0.1, 0.15) is 0 Å². The molecule has 0 amide bonds. The van der Waals surface area contributed by atoms with E-state index in [9.17, 15) is 0 Å². The van der Waals surface area contributed by atoms with Gasteiger partial charge in [0.25, 0.3) is 0 Å². The molecule has 0 spiro atoms. The van der Waals surface area contributed by atoms with Crippen LogP contribution in [0.15, 0.2) is 24.3 Å². The van der Waals surface area contributed by atoms with E-state index in [2.05, 4.69) is 6.92 Å². The van der Waals surface area contributed by atoms with E-state index in [1.54, 1.807) is 0 Å². The van der Waals surface area contributed by atoms with Crippen molar-refractivity contribution in [3.05, 3.63) is 35.4 Å². The van der Waals surface area contributed by atoms with E-state index in [0.717, 1.165) is 5.56 Å². The van der Waals surface area contributed by atoms with Gasteiger partial charge in [-0.25, -0.2) is 0 Å². The molecule has 1 unspecified atom stereocenters. The molecular weight excluding hydrogens is 108 g/mol. The van der Waals surface area contributed by atoms with E-state index in [1.165, 1.54) is 5.56 Å². The summed E-state index contributed by atoms with van der Waals surface area (Å²) >= 11 is 0. The van der Waals surface area contributed by atoms with Crippen molar-refractivity contribution in [3.8, 4) is 0 Å². The summed E-state index contributed by atoms with van der Waals surface area (Å²) in [5, 5.41) is 0. The summed E-state index contributed by atoms with van der Waals surface area (Å²) in [7, 11) is 0. The second-order valence-corrected chi connectivity index (χ2v) is 2.20. The molecule has 1 aromatic rings. The van der Waals surface area contributed by atoms with Crippen LogP contribution < -0.4 is 0 Å². The van der Waals surface area contributed by atoms with Crippen LogP contribution in [0.4, 0.5) is 0 Å². The third-order valence-electron chi connectivity index (χ3n) is 1.41. The van der Waals surface area contributed by atoms with E-state index < -0.39 is 0 Å². The van der Waals surface area contributed by atoms with Gasteiger partial charge in [0.2, 0.25) is 0 Å². The highest BCUT2D eigenvalue weighted by atomic mass is 13.9. The zero-order chi connectivity index (χ0) is 7.56. The van der Waals surface area contributed by atoms with Crippen molar-refractivity contribution in [2.45, 2.75) is 20.2 Å². The minimum Gasteiger partial charge on any atom is -0.0613 e. The van der Waals surface area contributed by atoms with Crippen LogP contribution >= 0.6 is 0 Å². The van der Waals surface area contributed by atoms with Crippen molar-refractivity contribution in [1.29, 1.82) is 0 Å². The zero-order valence-electron chi connectivity index (χ0n) is 6.89. The summed E-state index contributed by atoms with van der Waals surface area (Å²) in [6.07, 6.45) is -0.0967. The number of hydrogen-bond donors (Lipinski definition) is 0. The lowest BCUT2D eigenvalue weighted by molar-refractivity contribution is 1.14. The quantitative estimate of drug-likeness (QED) is 0.535. The summed E-state index contributed by atoms with van der Waals surface area (Å²) < 4.78 is 7.39. The van der Waals surface area contributed by atoms with Gasteiger partial charge in [-0.2, -0.15) is 0 Å². The van der Waals surface area contributed by atoms with Crippen molar-refractivity contribution in [1.82, 2.24) is 0 Å². The highest BCUT2D eigenvalue weighted by molar-refractivity contribution is 5.20. The Hall–Kier alpha value is -0.780. The van der Waals surface area contributed by atoms with Crippen molar-refractivity contribution < 1.29 is 1.37 Å². The Kier molecular flexibility index (Phi) is 1.50. The highest BCUT2D eigenvalue weighted by Gasteiger charge is 1.84. The Morgan fingerprint density at radius 1 is 1.33 bits per heavy atom. The van der Waals surface area contributed by atoms with Gasteiger partial charge in [-0.3, -0.25) is 0 Å². The molecular formula is C9H12. The van der Waals surface area contributed by atoms with Gasteiger partial charge in [0.05, 0.1) is 0 Å². The Balaban J connectivity index is 2.89. The second kappa shape index (κ2) is 2.67. The molecule has 48 valence electrons. The first-order valence-corrected chi connectivity index (χ1v) is 3.19. The maximum Gasteiger partial charge on any atom is 0.0313 e. The molecule has 0 saturated carbocycles. The third-order valence-corrected chi connectivity index (χ3v) is 1.41. The molecule has 0 saturated heterocycles. The number of aryl methyl sites for hydroxylation is 2. The highest BCUT2D eigenvalue weighted by Crippen LogP contribution is 2.02. The maximum atomic E-state index is 7.39. The van der Waals surface area contributed by atoms with Crippen molar-refractivity contribution in [2.24, 2.45) is 0 Å². The summed E-state index contributed by atoms with van der Waals surface area (Å²) in [6, 6.07) is 8.10. The molecule has 0 heterocycles. The van der Waals surface area contributed by atoms with Crippen LogP contribution in [-0.2, 0) is 6.40 Å². The monoisotopic (exact) mass is 121 g/mol. The van der Waals surface area contributed by atoms with Crippen LogP contribution in [0.25, 0.3) is 0 Å². The van der Waals surface area contributed by atoms with Crippen LogP contribution in [0.2, 0.25) is 0 Å². The molecule has 1 rings (SSSR count). The zero-order valence-corrected chi connectivity index (χ0v) is 5.89. The van der Waals surface area contributed by atoms with Gasteiger partial charge < -0.3 is 0 Å². The van der Waals surface area contributed by atoms with Crippen LogP contribution in [-0.4, -0.2) is 0 Å². The summed E-state index contributed by atoms with van der Waals surface area (Å²) in [4.78, 5) is 0. The fourth-order valence-corrected chi connectivity index (χ4v) is 0.759. The first-order valence-electron chi connectivity index (χ1n) is 3.76. The summed E-state index contributed by atoms with van der Waals surface area (Å²) in [5.74, 6) is 0. The summed E-state index contributed by atoms with van der Waals surface area (Å²) in [5.41, 5.74) is 2.34. The third kappa shape index (κ3) is 1.56. The smallest absolute Gasteiger partial charge is 0.0313 e. The van der Waals surface area contributed by atoms with Gasteiger partial charge in [-0.05, 0) is 18.9 Å². The van der Waals surface area contributed by atoms with Crippen molar-refractivity contribution >= 4 is 0 Å². The first-order chi connectivity index (χ1) is 4.70. The lowest BCUT2D eigenvalue weighted by Crippen LogP contribution is -1.77. The molecule has 0 nitrogen and oxygen atoms in total. The minimum absolute atomic E-state index is 0.0967. The predicted octanol–water partition coefficient (Wildman–Crippen LogP) is 2.56. The van der Waals surface area contributed by atoms with Gasteiger partial charge in [0.15, 0.2) is 0 Å². The van der Waals surface area contributed by atoms with Gasteiger partial charge in [-0.1, -0.05) is 36.8 Å². The average Bonchev–Trinajstić information content (AvgIpc) is 1.88. The fourth-order valence-electron chi connectivity index (χ4n) is 0.759. The molecule has 0 radical (unpaired) electrons. The average molecular weight is 121 g/mol. The maximum absolute atomic E-state index is 7.39. The Morgan fingerprint density at radius 3 is 2.33 bits per heavy atom. The lowest BCUT2D eigenvalue weighted by atomic mass is 10.1. The van der Waals surface area contributed by atoms with E-state index in [-0.39, 0.29) is 6.40 Å². The van der Waals surface area contributed by atoms with E-state index >= 15 is 0 Å². The molecule has 0 N–H and O–H groups in total. The molecule has 0 aliphatic rings. The predicted molar refractivity (Wildman–Crippen MR) is 40.6 cm³/mol. The molecule has 0 aromatic heterocycles. The van der Waals surface area contributed by atoms with Gasteiger partial charge in [0, 0.05) is 1.37 Å². The normalized spacial score (nSPS) is 14.7. The van der Waals surface area contributed by atoms with Crippen LogP contribution in [0, 0.1) is 6.92 Å². The lowest BCUT2D eigenvalue weighted by Gasteiger charge is -1.94. The molecule has 9 heavy (non-hydrogen) atoms. The molecule has 0 aliphatic carbocycles. The van der Waals surface area contributed by atoms with E-state index in [4.69, 9.17) is 1.37 Å². The molecule has 0 heteroatoms. The van der Waals surface area contributed by atoms with Crippen LogP contribution in [0.5, 0.6) is 0 Å². The van der Waals surface area contributed by atoms with E-state index in [1.807, 2.05) is 31.2 Å². The molecule has 0 bridgehead atoms. The first kappa shape index (κ1) is 5.04. The Morgan fingerprint density at radius 2 is 1.89 bits per heavy atom. The number of hydrogen-bond acceptors (Lipinski definition) is 0. The topological polar surface area (TPSA) is 0 Å². The fraction of sp³-hybridized carbons (Fsp3) is 0.333. The number of rotatable bonds is 1. The SMILES string of the molecule is [2H]C(C)c1ccc(C)cc1. The number of benzene rings is 1. The Labute approximate surface area is 57.9 Å². The standard InChI is InChI=1S/C9H12/c1-3-9-6-4-8(2)5-7-9/h4-7H,3H2,1-2H3/i3D. The largest absolute Gasteiger partial charge is 0.0613 e. The Bertz CT molecular complexity index is 198.